The fraction of sp³-hybridized carbons (Fsp3) is 0.800. The summed E-state index contributed by atoms with van der Waals surface area (Å²) >= 11 is 0. The number of cyclic esters (lactones) is 1. The Labute approximate surface area is 49.6 Å². The molecule has 1 heterocycles. The Morgan fingerprint density at radius 1 is 2.12 bits per heavy atom. The molecule has 0 radical (unpaired) electrons. The van der Waals surface area contributed by atoms with E-state index in [0.717, 1.165) is 0 Å². The lowest BCUT2D eigenvalue weighted by Crippen LogP contribution is -2.25. The van der Waals surface area contributed by atoms with E-state index >= 15 is 0 Å². The average molecular weight is 116 g/mol. The standard InChI is InChI=1S/C5H9NO2/c1-4-3-8-5(7)6(4)2/h4H,3H2,1-2H3/i2D. The van der Waals surface area contributed by atoms with Crippen molar-refractivity contribution in [3.05, 3.63) is 0 Å². The Kier molecular flexibility index (Phi) is 0.862. The molecular formula is C5H9NO2. The number of rotatable bonds is 0. The van der Waals surface area contributed by atoms with Crippen LogP contribution < -0.4 is 0 Å². The maximum absolute atomic E-state index is 10.6. The molecular weight excluding hydrogens is 106 g/mol. The van der Waals surface area contributed by atoms with Gasteiger partial charge in [0.05, 0.1) is 6.04 Å². The molecule has 1 atom stereocenters. The molecule has 0 bridgehead atoms. The van der Waals surface area contributed by atoms with Gasteiger partial charge < -0.3 is 9.64 Å². The first-order valence-corrected chi connectivity index (χ1v) is 2.48. The summed E-state index contributed by atoms with van der Waals surface area (Å²) in [5.74, 6) is 0. The van der Waals surface area contributed by atoms with Gasteiger partial charge >= 0.3 is 6.09 Å². The first kappa shape index (κ1) is 4.18. The molecule has 46 valence electrons. The van der Waals surface area contributed by atoms with Crippen LogP contribution in [-0.4, -0.2) is 30.7 Å². The van der Waals surface area contributed by atoms with Crippen molar-refractivity contribution in [2.24, 2.45) is 0 Å². The van der Waals surface area contributed by atoms with Crippen LogP contribution in [0.5, 0.6) is 0 Å². The third-order valence-electron chi connectivity index (χ3n) is 1.21. The zero-order chi connectivity index (χ0) is 6.85. The number of hydrogen-bond donors (Lipinski definition) is 0. The Morgan fingerprint density at radius 2 is 2.88 bits per heavy atom. The van der Waals surface area contributed by atoms with Gasteiger partial charge in [0.15, 0.2) is 0 Å². The maximum atomic E-state index is 10.6. The second-order valence-corrected chi connectivity index (χ2v) is 1.90. The topological polar surface area (TPSA) is 29.5 Å². The van der Waals surface area contributed by atoms with Crippen molar-refractivity contribution in [1.82, 2.24) is 4.90 Å². The monoisotopic (exact) mass is 116 g/mol. The highest BCUT2D eigenvalue weighted by Crippen LogP contribution is 2.06. The summed E-state index contributed by atoms with van der Waals surface area (Å²) in [5, 5.41) is 0. The second-order valence-electron chi connectivity index (χ2n) is 1.90. The van der Waals surface area contributed by atoms with Gasteiger partial charge in [0.1, 0.15) is 6.61 Å². The molecule has 0 aromatic carbocycles. The summed E-state index contributed by atoms with van der Waals surface area (Å²) in [4.78, 5) is 12.0. The highest BCUT2D eigenvalue weighted by molar-refractivity contribution is 5.69. The van der Waals surface area contributed by atoms with E-state index in [-0.39, 0.29) is 19.2 Å². The lowest BCUT2D eigenvalue weighted by atomic mass is 10.4. The Hall–Kier alpha value is -0.730. The largest absolute Gasteiger partial charge is 0.447 e. The van der Waals surface area contributed by atoms with Crippen molar-refractivity contribution in [2.75, 3.05) is 13.6 Å². The van der Waals surface area contributed by atoms with E-state index in [1.54, 1.807) is 0 Å². The molecule has 1 aliphatic rings. The van der Waals surface area contributed by atoms with Crippen molar-refractivity contribution in [1.29, 1.82) is 0 Å². The van der Waals surface area contributed by atoms with Crippen LogP contribution in [0, 0.1) is 0 Å². The van der Waals surface area contributed by atoms with Crippen LogP contribution in [-0.2, 0) is 4.74 Å². The van der Waals surface area contributed by atoms with Gasteiger partial charge in [-0.15, -0.1) is 0 Å². The molecule has 8 heavy (non-hydrogen) atoms. The van der Waals surface area contributed by atoms with E-state index in [4.69, 9.17) is 1.37 Å². The third-order valence-corrected chi connectivity index (χ3v) is 1.21. The summed E-state index contributed by atoms with van der Waals surface area (Å²) < 4.78 is 11.5. The minimum absolute atomic E-state index is 0. The summed E-state index contributed by atoms with van der Waals surface area (Å²) in [5.41, 5.74) is 0. The SMILES string of the molecule is [2H]CN1C(=O)OCC1C. The molecule has 3 heteroatoms. The van der Waals surface area contributed by atoms with Crippen LogP contribution in [0.3, 0.4) is 0 Å². The number of amides is 1. The van der Waals surface area contributed by atoms with Gasteiger partial charge in [-0.05, 0) is 6.92 Å². The van der Waals surface area contributed by atoms with Crippen molar-refractivity contribution < 1.29 is 10.9 Å². The normalized spacial score (nSPS) is 30.1. The highest BCUT2D eigenvalue weighted by Gasteiger charge is 2.24. The molecule has 0 N–H and O–H groups in total. The van der Waals surface area contributed by atoms with Crippen LogP contribution in [0.4, 0.5) is 4.79 Å². The summed E-state index contributed by atoms with van der Waals surface area (Å²) in [6.07, 6.45) is -0.363. The molecule has 0 aliphatic carbocycles. The fourth-order valence-corrected chi connectivity index (χ4v) is 0.545. The molecule has 1 amide bonds. The lowest BCUT2D eigenvalue weighted by molar-refractivity contribution is 0.163. The molecule has 1 fully saturated rings. The first-order chi connectivity index (χ1) is 4.25. The number of carbonyl (C=O) groups excluding carboxylic acids is 1. The minimum atomic E-state index is -0.363. The molecule has 0 aromatic rings. The van der Waals surface area contributed by atoms with Crippen LogP contribution in [0.1, 0.15) is 8.29 Å². The van der Waals surface area contributed by atoms with Gasteiger partial charge in [-0.25, -0.2) is 4.79 Å². The highest BCUT2D eigenvalue weighted by atomic mass is 16.6. The zero-order valence-corrected chi connectivity index (χ0v) is 4.76. The van der Waals surface area contributed by atoms with Crippen molar-refractivity contribution in [3.8, 4) is 0 Å². The van der Waals surface area contributed by atoms with Gasteiger partial charge in [-0.1, -0.05) is 0 Å². The molecule has 0 spiro atoms. The minimum Gasteiger partial charge on any atom is -0.447 e. The smallest absolute Gasteiger partial charge is 0.409 e. The molecule has 1 rings (SSSR count). The van der Waals surface area contributed by atoms with Crippen molar-refractivity contribution in [2.45, 2.75) is 13.0 Å². The van der Waals surface area contributed by atoms with E-state index in [1.807, 2.05) is 6.92 Å². The van der Waals surface area contributed by atoms with E-state index in [0.29, 0.717) is 6.61 Å². The van der Waals surface area contributed by atoms with E-state index < -0.39 is 0 Å². The quantitative estimate of drug-likeness (QED) is 0.460. The van der Waals surface area contributed by atoms with Crippen molar-refractivity contribution in [3.63, 3.8) is 0 Å². The predicted octanol–water partition coefficient (Wildman–Crippen LogP) is 0.457. The number of hydrogen-bond acceptors (Lipinski definition) is 2. The zero-order valence-electron chi connectivity index (χ0n) is 5.76. The lowest BCUT2D eigenvalue weighted by Gasteiger charge is -2.08. The summed E-state index contributed by atoms with van der Waals surface area (Å²) in [7, 11) is 0. The van der Waals surface area contributed by atoms with Gasteiger partial charge in [0.25, 0.3) is 0 Å². The molecule has 3 nitrogen and oxygen atoms in total. The average Bonchev–Trinajstić information content (AvgIpc) is 2.12. The molecule has 0 saturated carbocycles. The van der Waals surface area contributed by atoms with Gasteiger partial charge in [0.2, 0.25) is 0 Å². The van der Waals surface area contributed by atoms with Crippen molar-refractivity contribution >= 4 is 6.09 Å². The second kappa shape index (κ2) is 1.65. The first-order valence-electron chi connectivity index (χ1n) is 3.19. The van der Waals surface area contributed by atoms with E-state index in [1.165, 1.54) is 4.90 Å². The summed E-state index contributed by atoms with van der Waals surface area (Å²) in [6, 6.07) is 0.0787. The van der Waals surface area contributed by atoms with Crippen LogP contribution in [0.2, 0.25) is 0 Å². The third kappa shape index (κ3) is 0.638. The van der Waals surface area contributed by atoms with E-state index in [2.05, 4.69) is 4.74 Å². The Bertz CT molecular complexity index is 128. The number of likely N-dealkylation sites (N-methyl/N-ethyl adjacent to an activating group) is 1. The van der Waals surface area contributed by atoms with Crippen LogP contribution in [0.15, 0.2) is 0 Å². The molecule has 0 aromatic heterocycles. The number of nitrogens with zero attached hydrogens (tertiary/aromatic N) is 1. The van der Waals surface area contributed by atoms with Gasteiger partial charge in [-0.3, -0.25) is 0 Å². The predicted molar refractivity (Wildman–Crippen MR) is 28.6 cm³/mol. The van der Waals surface area contributed by atoms with Gasteiger partial charge in [0, 0.05) is 8.39 Å². The van der Waals surface area contributed by atoms with Gasteiger partial charge in [-0.2, -0.15) is 0 Å². The number of ether oxygens (including phenoxy) is 1. The molecule has 1 aliphatic heterocycles. The van der Waals surface area contributed by atoms with E-state index in [9.17, 15) is 4.79 Å². The summed E-state index contributed by atoms with van der Waals surface area (Å²) in [6.45, 7) is 2.29. The molecule has 1 unspecified atom stereocenters. The fourth-order valence-electron chi connectivity index (χ4n) is 0.545. The van der Waals surface area contributed by atoms with Crippen LogP contribution >= 0.6 is 0 Å². The number of carbonyl (C=O) groups is 1. The Morgan fingerprint density at radius 3 is 3.12 bits per heavy atom. The molecule has 1 saturated heterocycles. The van der Waals surface area contributed by atoms with Crippen LogP contribution in [0.25, 0.3) is 0 Å². The maximum Gasteiger partial charge on any atom is 0.409 e. The Balaban J connectivity index is 2.55.